The van der Waals surface area contributed by atoms with E-state index in [9.17, 15) is 9.59 Å². The number of aromatic nitrogens is 4. The summed E-state index contributed by atoms with van der Waals surface area (Å²) in [6, 6.07) is 14.8. The Hall–Kier alpha value is -3.24. The molecule has 0 unspecified atom stereocenters. The molecule has 0 spiro atoms. The van der Waals surface area contributed by atoms with Crippen molar-refractivity contribution >= 4 is 50.8 Å². The number of thioether (sulfide) groups is 1. The van der Waals surface area contributed by atoms with Crippen molar-refractivity contribution in [2.24, 2.45) is 7.05 Å². The van der Waals surface area contributed by atoms with Crippen molar-refractivity contribution in [3.63, 3.8) is 0 Å². The van der Waals surface area contributed by atoms with Crippen molar-refractivity contribution in [1.29, 1.82) is 0 Å². The highest BCUT2D eigenvalue weighted by molar-refractivity contribution is 7.99. The van der Waals surface area contributed by atoms with Crippen LogP contribution in [0.5, 0.6) is 0 Å². The highest BCUT2D eigenvalue weighted by Crippen LogP contribution is 2.23. The van der Waals surface area contributed by atoms with E-state index in [1.807, 2.05) is 31.3 Å². The molecule has 0 bridgehead atoms. The summed E-state index contributed by atoms with van der Waals surface area (Å²) < 4.78 is 2.86. The number of carbonyl (C=O) groups is 2. The maximum Gasteiger partial charge on any atom is 0.253 e. The summed E-state index contributed by atoms with van der Waals surface area (Å²) in [5.74, 6) is -0.0343. The monoisotopic (exact) mass is 452 g/mol. The third kappa shape index (κ3) is 5.09. The molecule has 8 nitrogen and oxygen atoms in total. The third-order valence-electron chi connectivity index (χ3n) is 4.48. The van der Waals surface area contributed by atoms with Gasteiger partial charge in [0.05, 0.1) is 22.5 Å². The fourth-order valence-electron chi connectivity index (χ4n) is 2.91. The van der Waals surface area contributed by atoms with Crippen molar-refractivity contribution in [2.45, 2.75) is 11.7 Å². The highest BCUT2D eigenvalue weighted by Gasteiger charge is 2.15. The first-order chi connectivity index (χ1) is 15.0. The van der Waals surface area contributed by atoms with Gasteiger partial charge in [-0.2, -0.15) is 0 Å². The van der Waals surface area contributed by atoms with Crippen LogP contribution in [0.15, 0.2) is 60.0 Å². The van der Waals surface area contributed by atoms with E-state index in [0.717, 1.165) is 15.2 Å². The highest BCUT2D eigenvalue weighted by atomic mass is 32.2. The number of amides is 2. The summed E-state index contributed by atoms with van der Waals surface area (Å²) in [5.41, 5.74) is 2.13. The minimum atomic E-state index is -0.153. The second kappa shape index (κ2) is 9.27. The lowest BCUT2D eigenvalue weighted by Gasteiger charge is -2.16. The summed E-state index contributed by atoms with van der Waals surface area (Å²) in [7, 11) is 3.58. The number of fused-ring (bicyclic) bond motifs is 1. The molecular formula is C21H20N6O2S2. The van der Waals surface area contributed by atoms with Gasteiger partial charge in [-0.25, -0.2) is 4.98 Å². The Labute approximate surface area is 187 Å². The van der Waals surface area contributed by atoms with Crippen LogP contribution in [0.2, 0.25) is 0 Å². The zero-order chi connectivity index (χ0) is 21.8. The Morgan fingerprint density at radius 1 is 1.16 bits per heavy atom. The van der Waals surface area contributed by atoms with E-state index in [1.54, 1.807) is 58.4 Å². The van der Waals surface area contributed by atoms with E-state index in [0.29, 0.717) is 23.0 Å². The molecule has 2 aromatic heterocycles. The molecule has 1 N–H and O–H groups in total. The van der Waals surface area contributed by atoms with Crippen LogP contribution in [0, 0.1) is 0 Å². The molecule has 0 fully saturated rings. The van der Waals surface area contributed by atoms with Crippen molar-refractivity contribution < 1.29 is 9.59 Å². The van der Waals surface area contributed by atoms with Gasteiger partial charge in [0.25, 0.3) is 5.91 Å². The normalized spacial score (nSPS) is 10.9. The summed E-state index contributed by atoms with van der Waals surface area (Å²) >= 11 is 2.89. The number of carbonyl (C=O) groups excluding carboxylic acids is 2. The van der Waals surface area contributed by atoms with Crippen molar-refractivity contribution in [2.75, 3.05) is 18.1 Å². The van der Waals surface area contributed by atoms with Crippen LogP contribution in [0.25, 0.3) is 10.2 Å². The molecule has 4 rings (SSSR count). The first-order valence-corrected chi connectivity index (χ1v) is 11.3. The van der Waals surface area contributed by atoms with Crippen LogP contribution < -0.4 is 5.32 Å². The van der Waals surface area contributed by atoms with Gasteiger partial charge in [-0.3, -0.25) is 9.59 Å². The molecule has 2 amide bonds. The molecular weight excluding hydrogens is 432 g/mol. The number of rotatable bonds is 7. The largest absolute Gasteiger partial charge is 0.335 e. The summed E-state index contributed by atoms with van der Waals surface area (Å²) in [4.78, 5) is 31.1. The van der Waals surface area contributed by atoms with E-state index >= 15 is 0 Å². The molecule has 0 saturated heterocycles. The Morgan fingerprint density at radius 3 is 2.65 bits per heavy atom. The number of hydrogen-bond donors (Lipinski definition) is 1. The topological polar surface area (TPSA) is 93.0 Å². The van der Waals surface area contributed by atoms with Gasteiger partial charge in [0, 0.05) is 25.3 Å². The number of hydrogen-bond acceptors (Lipinski definition) is 7. The average Bonchev–Trinajstić information content (AvgIpc) is 3.37. The van der Waals surface area contributed by atoms with E-state index in [4.69, 9.17) is 0 Å². The van der Waals surface area contributed by atoms with Gasteiger partial charge in [-0.05, 0) is 36.4 Å². The van der Waals surface area contributed by atoms with Crippen LogP contribution >= 0.6 is 23.1 Å². The number of para-hydroxylation sites is 1. The second-order valence-corrected chi connectivity index (χ2v) is 8.93. The van der Waals surface area contributed by atoms with Crippen LogP contribution in [0.1, 0.15) is 15.4 Å². The molecule has 158 valence electrons. The molecule has 0 atom stereocenters. The molecule has 0 saturated carbocycles. The molecule has 10 heteroatoms. The number of nitrogens with one attached hydrogen (secondary N) is 1. The minimum Gasteiger partial charge on any atom is -0.335 e. The third-order valence-corrected chi connectivity index (χ3v) is 6.53. The number of thiazole rings is 1. The Morgan fingerprint density at radius 2 is 1.94 bits per heavy atom. The van der Waals surface area contributed by atoms with Crippen molar-refractivity contribution in [3.05, 3.63) is 65.4 Å². The molecule has 2 heterocycles. The van der Waals surface area contributed by atoms with Gasteiger partial charge >= 0.3 is 0 Å². The van der Waals surface area contributed by atoms with Crippen LogP contribution in [0.4, 0.5) is 5.69 Å². The molecule has 0 radical (unpaired) electrons. The number of anilines is 1. The van der Waals surface area contributed by atoms with Crippen molar-refractivity contribution in [1.82, 2.24) is 24.6 Å². The fourth-order valence-corrected chi connectivity index (χ4v) is 4.62. The lowest BCUT2D eigenvalue weighted by Crippen LogP contribution is -2.26. The van der Waals surface area contributed by atoms with Gasteiger partial charge in [-0.1, -0.05) is 23.9 Å². The van der Waals surface area contributed by atoms with Gasteiger partial charge in [-0.15, -0.1) is 21.5 Å². The lowest BCUT2D eigenvalue weighted by molar-refractivity contribution is -0.113. The maximum absolute atomic E-state index is 12.8. The summed E-state index contributed by atoms with van der Waals surface area (Å²) in [5, 5.41) is 12.1. The first kappa shape index (κ1) is 21.0. The second-order valence-electron chi connectivity index (χ2n) is 6.88. The summed E-state index contributed by atoms with van der Waals surface area (Å²) in [6.45, 7) is 0.440. The Bertz CT molecular complexity index is 1190. The van der Waals surface area contributed by atoms with Crippen LogP contribution in [0.3, 0.4) is 0 Å². The molecule has 0 aliphatic carbocycles. The predicted octanol–water partition coefficient (Wildman–Crippen LogP) is 3.43. The quantitative estimate of drug-likeness (QED) is 0.432. The predicted molar refractivity (Wildman–Crippen MR) is 122 cm³/mol. The Balaban J connectivity index is 1.32. The average molecular weight is 453 g/mol. The molecule has 2 aromatic carbocycles. The summed E-state index contributed by atoms with van der Waals surface area (Å²) in [6.07, 6.45) is 1.59. The van der Waals surface area contributed by atoms with E-state index in [1.165, 1.54) is 11.8 Å². The zero-order valence-corrected chi connectivity index (χ0v) is 18.6. The SMILES string of the molecule is CN(Cc1nc2ccccc2s1)C(=O)c1ccc(NC(=O)CSc2nncn2C)cc1. The van der Waals surface area contributed by atoms with Crippen LogP contribution in [-0.2, 0) is 18.4 Å². The standard InChI is InChI=1S/C21H20N6O2S2/c1-26(11-19-24-16-5-3-4-6-17(16)31-19)20(29)14-7-9-15(10-8-14)23-18(28)12-30-21-25-22-13-27(21)2/h3-10,13H,11-12H2,1-2H3,(H,23,28). The van der Waals surface area contributed by atoms with Gasteiger partial charge < -0.3 is 14.8 Å². The molecule has 0 aliphatic rings. The van der Waals surface area contributed by atoms with Crippen LogP contribution in [-0.4, -0.2) is 49.3 Å². The number of aryl methyl sites for hydroxylation is 1. The van der Waals surface area contributed by atoms with E-state index in [-0.39, 0.29) is 17.6 Å². The maximum atomic E-state index is 12.8. The fraction of sp³-hybridized carbons (Fsp3) is 0.190. The minimum absolute atomic E-state index is 0.102. The first-order valence-electron chi connectivity index (χ1n) is 9.46. The Kier molecular flexibility index (Phi) is 6.28. The number of benzene rings is 2. The van der Waals surface area contributed by atoms with Gasteiger partial charge in [0.1, 0.15) is 11.3 Å². The molecule has 0 aliphatic heterocycles. The van der Waals surface area contributed by atoms with Gasteiger partial charge in [0.2, 0.25) is 5.91 Å². The lowest BCUT2D eigenvalue weighted by atomic mass is 10.2. The van der Waals surface area contributed by atoms with Gasteiger partial charge in [0.15, 0.2) is 5.16 Å². The molecule has 4 aromatic rings. The molecule has 31 heavy (non-hydrogen) atoms. The van der Waals surface area contributed by atoms with E-state index in [2.05, 4.69) is 20.5 Å². The van der Waals surface area contributed by atoms with Crippen molar-refractivity contribution in [3.8, 4) is 0 Å². The zero-order valence-electron chi connectivity index (χ0n) is 17.0. The number of nitrogens with zero attached hydrogens (tertiary/aromatic N) is 5. The van der Waals surface area contributed by atoms with E-state index < -0.39 is 0 Å². The smallest absolute Gasteiger partial charge is 0.253 e.